The van der Waals surface area contributed by atoms with Crippen LogP contribution >= 0.6 is 11.8 Å². The molecule has 0 aliphatic carbocycles. The van der Waals surface area contributed by atoms with Gasteiger partial charge in [-0.25, -0.2) is 0 Å². The van der Waals surface area contributed by atoms with E-state index in [9.17, 15) is 4.79 Å². The molecule has 82 valence electrons. The molecule has 0 amide bonds. The van der Waals surface area contributed by atoms with Crippen molar-refractivity contribution in [2.75, 3.05) is 7.11 Å². The zero-order valence-electron chi connectivity index (χ0n) is 9.10. The highest BCUT2D eigenvalue weighted by atomic mass is 32.2. The summed E-state index contributed by atoms with van der Waals surface area (Å²) in [7, 11) is 1.62. The maximum Gasteiger partial charge on any atom is 0.191 e. The van der Waals surface area contributed by atoms with Gasteiger partial charge < -0.3 is 4.74 Å². The average Bonchev–Trinajstić information content (AvgIpc) is 2.27. The Bertz CT molecular complexity index is 298. The quantitative estimate of drug-likeness (QED) is 0.769. The van der Waals surface area contributed by atoms with Gasteiger partial charge >= 0.3 is 0 Å². The maximum absolute atomic E-state index is 11.5. The molecule has 0 bridgehead atoms. The largest absolute Gasteiger partial charge is 0.381 e. The van der Waals surface area contributed by atoms with Crippen LogP contribution in [0.15, 0.2) is 30.3 Å². The highest BCUT2D eigenvalue weighted by Gasteiger charge is 2.08. The first-order chi connectivity index (χ1) is 7.22. The van der Waals surface area contributed by atoms with E-state index in [0.717, 1.165) is 5.75 Å². The van der Waals surface area contributed by atoms with Gasteiger partial charge in [-0.1, -0.05) is 42.1 Å². The molecule has 1 atom stereocenters. The Morgan fingerprint density at radius 1 is 1.40 bits per heavy atom. The Kier molecular flexibility index (Phi) is 5.43. The average molecular weight is 224 g/mol. The number of carbonyl (C=O) groups is 1. The monoisotopic (exact) mass is 224 g/mol. The van der Waals surface area contributed by atoms with E-state index in [1.807, 2.05) is 37.3 Å². The lowest BCUT2D eigenvalue weighted by Crippen LogP contribution is -2.09. The number of methoxy groups -OCH3 is 1. The van der Waals surface area contributed by atoms with Crippen LogP contribution in [0.2, 0.25) is 0 Å². The first-order valence-corrected chi connectivity index (χ1v) is 5.93. The molecule has 1 unspecified atom stereocenters. The number of rotatable bonds is 5. The lowest BCUT2D eigenvalue weighted by Gasteiger charge is -2.07. The molecule has 0 heterocycles. The first-order valence-electron chi connectivity index (χ1n) is 4.94. The summed E-state index contributed by atoms with van der Waals surface area (Å²) in [5.74, 6) is 0.746. The minimum absolute atomic E-state index is 0.0146. The van der Waals surface area contributed by atoms with Crippen molar-refractivity contribution in [3.05, 3.63) is 35.9 Å². The van der Waals surface area contributed by atoms with Crippen LogP contribution in [0.1, 0.15) is 18.9 Å². The lowest BCUT2D eigenvalue weighted by molar-refractivity contribution is -0.112. The van der Waals surface area contributed by atoms with Crippen LogP contribution in [0, 0.1) is 0 Å². The fourth-order valence-electron chi connectivity index (χ4n) is 1.12. The molecule has 1 rings (SSSR count). The molecule has 2 nitrogen and oxygen atoms in total. The summed E-state index contributed by atoms with van der Waals surface area (Å²) >= 11 is 1.35. The molecule has 0 aliphatic heterocycles. The Labute approximate surface area is 95.0 Å². The van der Waals surface area contributed by atoms with E-state index < -0.39 is 0 Å². The summed E-state index contributed by atoms with van der Waals surface area (Å²) in [6.45, 7) is 1.90. The molecule has 0 spiro atoms. The third-order valence-corrected chi connectivity index (χ3v) is 3.07. The van der Waals surface area contributed by atoms with Gasteiger partial charge in [-0.2, -0.15) is 0 Å². The third-order valence-electron chi connectivity index (χ3n) is 2.10. The SMILES string of the molecule is COC(C)CC(=O)SCc1ccccc1. The summed E-state index contributed by atoms with van der Waals surface area (Å²) in [5.41, 5.74) is 1.18. The second kappa shape index (κ2) is 6.64. The molecule has 0 fully saturated rings. The highest BCUT2D eigenvalue weighted by Crippen LogP contribution is 2.15. The van der Waals surface area contributed by atoms with Crippen LogP contribution in [0.25, 0.3) is 0 Å². The van der Waals surface area contributed by atoms with Crippen LogP contribution in [0.5, 0.6) is 0 Å². The number of carbonyl (C=O) groups excluding carboxylic acids is 1. The van der Waals surface area contributed by atoms with E-state index in [4.69, 9.17) is 4.74 Å². The van der Waals surface area contributed by atoms with E-state index in [1.54, 1.807) is 7.11 Å². The van der Waals surface area contributed by atoms with E-state index in [2.05, 4.69) is 0 Å². The minimum atomic E-state index is 0.0146. The van der Waals surface area contributed by atoms with E-state index in [-0.39, 0.29) is 11.2 Å². The predicted octanol–water partition coefficient (Wildman–Crippen LogP) is 2.87. The molecule has 0 aromatic heterocycles. The zero-order chi connectivity index (χ0) is 11.1. The van der Waals surface area contributed by atoms with Crippen LogP contribution in [0.4, 0.5) is 0 Å². The molecular formula is C12H16O2S. The fourth-order valence-corrected chi connectivity index (χ4v) is 1.99. The first kappa shape index (κ1) is 12.3. The second-order valence-electron chi connectivity index (χ2n) is 3.40. The van der Waals surface area contributed by atoms with Crippen LogP contribution in [0.3, 0.4) is 0 Å². The van der Waals surface area contributed by atoms with Gasteiger partial charge in [0, 0.05) is 19.3 Å². The van der Waals surface area contributed by atoms with Crippen molar-refractivity contribution >= 4 is 16.9 Å². The van der Waals surface area contributed by atoms with Crippen LogP contribution < -0.4 is 0 Å². The standard InChI is InChI=1S/C12H16O2S/c1-10(14-2)8-12(13)15-9-11-6-4-3-5-7-11/h3-7,10H,8-9H2,1-2H3. The topological polar surface area (TPSA) is 26.3 Å². The number of hydrogen-bond acceptors (Lipinski definition) is 3. The molecule has 0 N–H and O–H groups in total. The number of benzene rings is 1. The normalized spacial score (nSPS) is 12.4. The molecular weight excluding hydrogens is 208 g/mol. The summed E-state index contributed by atoms with van der Waals surface area (Å²) in [6, 6.07) is 10.00. The van der Waals surface area contributed by atoms with E-state index in [1.165, 1.54) is 17.3 Å². The van der Waals surface area contributed by atoms with Crippen LogP contribution in [-0.2, 0) is 15.3 Å². The van der Waals surface area contributed by atoms with Gasteiger partial charge in [0.15, 0.2) is 5.12 Å². The molecule has 1 aromatic carbocycles. The molecule has 0 saturated carbocycles. The van der Waals surface area contributed by atoms with Crippen LogP contribution in [-0.4, -0.2) is 18.3 Å². The maximum atomic E-state index is 11.5. The minimum Gasteiger partial charge on any atom is -0.381 e. The summed E-state index contributed by atoms with van der Waals surface area (Å²) in [6.07, 6.45) is 0.495. The van der Waals surface area contributed by atoms with Crippen molar-refractivity contribution < 1.29 is 9.53 Å². The van der Waals surface area contributed by atoms with Gasteiger partial charge in [0.2, 0.25) is 0 Å². The summed E-state index contributed by atoms with van der Waals surface area (Å²) < 4.78 is 5.04. The van der Waals surface area contributed by atoms with Gasteiger partial charge in [-0.15, -0.1) is 0 Å². The Morgan fingerprint density at radius 3 is 2.67 bits per heavy atom. The predicted molar refractivity (Wildman–Crippen MR) is 63.8 cm³/mol. The van der Waals surface area contributed by atoms with Gasteiger partial charge in [0.1, 0.15) is 0 Å². The molecule has 0 aliphatic rings. The van der Waals surface area contributed by atoms with E-state index >= 15 is 0 Å². The number of hydrogen-bond donors (Lipinski definition) is 0. The van der Waals surface area contributed by atoms with Gasteiger partial charge in [0.05, 0.1) is 6.10 Å². The zero-order valence-corrected chi connectivity index (χ0v) is 9.92. The highest BCUT2D eigenvalue weighted by molar-refractivity contribution is 8.12. The van der Waals surface area contributed by atoms with Crippen molar-refractivity contribution in [2.24, 2.45) is 0 Å². The molecule has 0 radical (unpaired) electrons. The van der Waals surface area contributed by atoms with Crippen molar-refractivity contribution in [3.8, 4) is 0 Å². The second-order valence-corrected chi connectivity index (χ2v) is 4.43. The van der Waals surface area contributed by atoms with Gasteiger partial charge in [0.25, 0.3) is 0 Å². The molecule has 15 heavy (non-hydrogen) atoms. The molecule has 0 saturated heterocycles. The Hall–Kier alpha value is -0.800. The van der Waals surface area contributed by atoms with Gasteiger partial charge in [-0.05, 0) is 12.5 Å². The fraction of sp³-hybridized carbons (Fsp3) is 0.417. The van der Waals surface area contributed by atoms with Crippen molar-refractivity contribution in [2.45, 2.75) is 25.2 Å². The Morgan fingerprint density at radius 2 is 2.07 bits per heavy atom. The number of thioether (sulfide) groups is 1. The van der Waals surface area contributed by atoms with Crippen molar-refractivity contribution in [3.63, 3.8) is 0 Å². The van der Waals surface area contributed by atoms with Crippen molar-refractivity contribution in [1.82, 2.24) is 0 Å². The summed E-state index contributed by atoms with van der Waals surface area (Å²) in [4.78, 5) is 11.5. The molecule has 3 heteroatoms. The smallest absolute Gasteiger partial charge is 0.191 e. The lowest BCUT2D eigenvalue weighted by atomic mass is 10.2. The third kappa shape index (κ3) is 5.00. The molecule has 1 aromatic rings. The van der Waals surface area contributed by atoms with E-state index in [0.29, 0.717) is 6.42 Å². The number of ether oxygens (including phenoxy) is 1. The van der Waals surface area contributed by atoms with Gasteiger partial charge in [-0.3, -0.25) is 4.79 Å². The van der Waals surface area contributed by atoms with Crippen molar-refractivity contribution in [1.29, 1.82) is 0 Å². The summed E-state index contributed by atoms with van der Waals surface area (Å²) in [5, 5.41) is 0.188. The Balaban J connectivity index is 2.29.